The number of hydrogen-bond acceptors (Lipinski definition) is 2. The van der Waals surface area contributed by atoms with Crippen molar-refractivity contribution >= 4 is 34.1 Å². The van der Waals surface area contributed by atoms with Crippen LogP contribution < -0.4 is 10.1 Å². The molecule has 3 aromatic rings. The van der Waals surface area contributed by atoms with E-state index in [-0.39, 0.29) is 0 Å². The zero-order valence-corrected chi connectivity index (χ0v) is 18.1. The van der Waals surface area contributed by atoms with E-state index in [4.69, 9.17) is 27.9 Å². The third-order valence-electron chi connectivity index (χ3n) is 6.32. The van der Waals surface area contributed by atoms with E-state index in [1.54, 1.807) is 0 Å². The van der Waals surface area contributed by atoms with Crippen molar-refractivity contribution < 1.29 is 4.74 Å². The molecule has 1 N–H and O–H groups in total. The van der Waals surface area contributed by atoms with Gasteiger partial charge in [-0.2, -0.15) is 0 Å². The normalized spacial score (nSPS) is 16.3. The predicted molar refractivity (Wildman–Crippen MR) is 121 cm³/mol. The zero-order chi connectivity index (χ0) is 19.8. The van der Waals surface area contributed by atoms with E-state index in [1.807, 2.05) is 12.1 Å². The SMILES string of the molecule is Clc1cc2c3c(n(CCOc4ccc5c(c4)CCCC5)c2cc1Cl)CCNCC3. The first-order valence-electron chi connectivity index (χ1n) is 10.6. The molecule has 0 saturated heterocycles. The fourth-order valence-electron chi connectivity index (χ4n) is 4.88. The minimum absolute atomic E-state index is 0.613. The minimum Gasteiger partial charge on any atom is -0.492 e. The Bertz CT molecular complexity index is 1060. The summed E-state index contributed by atoms with van der Waals surface area (Å²) in [6, 6.07) is 10.7. The lowest BCUT2D eigenvalue weighted by Crippen LogP contribution is -2.18. The number of fused-ring (bicyclic) bond motifs is 4. The smallest absolute Gasteiger partial charge is 0.119 e. The van der Waals surface area contributed by atoms with Gasteiger partial charge in [0.2, 0.25) is 0 Å². The molecule has 0 spiro atoms. The Morgan fingerprint density at radius 3 is 2.59 bits per heavy atom. The Morgan fingerprint density at radius 2 is 1.69 bits per heavy atom. The standard InChI is InChI=1S/C24H26Cl2N2O/c25-21-14-20-19-7-9-27-10-8-23(19)28(24(20)15-22(21)26)11-12-29-18-6-5-16-3-1-2-4-17(16)13-18/h5-6,13-15,27H,1-4,7-12H2. The molecule has 5 rings (SSSR count). The molecule has 1 aromatic heterocycles. The maximum absolute atomic E-state index is 6.36. The van der Waals surface area contributed by atoms with E-state index in [1.165, 1.54) is 59.0 Å². The Balaban J connectivity index is 1.41. The maximum Gasteiger partial charge on any atom is 0.119 e. The molecule has 0 saturated carbocycles. The van der Waals surface area contributed by atoms with Crippen molar-refractivity contribution in [3.8, 4) is 5.75 Å². The van der Waals surface area contributed by atoms with Crippen LogP contribution in [0.25, 0.3) is 10.9 Å². The molecule has 1 aliphatic carbocycles. The van der Waals surface area contributed by atoms with Gasteiger partial charge in [0.1, 0.15) is 12.4 Å². The van der Waals surface area contributed by atoms with Crippen molar-refractivity contribution in [2.24, 2.45) is 0 Å². The molecule has 2 aromatic carbocycles. The molecule has 0 fully saturated rings. The van der Waals surface area contributed by atoms with E-state index >= 15 is 0 Å². The molecular weight excluding hydrogens is 403 g/mol. The van der Waals surface area contributed by atoms with Crippen LogP contribution in [0.1, 0.15) is 35.2 Å². The number of nitrogens with zero attached hydrogens (tertiary/aromatic N) is 1. The number of rotatable bonds is 4. The van der Waals surface area contributed by atoms with Crippen molar-refractivity contribution in [2.45, 2.75) is 45.1 Å². The van der Waals surface area contributed by atoms with Gasteiger partial charge in [0, 0.05) is 24.0 Å². The number of halogens is 2. The van der Waals surface area contributed by atoms with E-state index in [9.17, 15) is 0 Å². The van der Waals surface area contributed by atoms with Gasteiger partial charge in [-0.15, -0.1) is 0 Å². The number of ether oxygens (including phenoxy) is 1. The van der Waals surface area contributed by atoms with Crippen LogP contribution in [-0.2, 0) is 32.2 Å². The number of aryl methyl sites for hydroxylation is 2. The lowest BCUT2D eigenvalue weighted by Gasteiger charge is -2.17. The van der Waals surface area contributed by atoms with E-state index in [2.05, 4.69) is 28.1 Å². The van der Waals surface area contributed by atoms with Crippen LogP contribution in [0.4, 0.5) is 0 Å². The highest BCUT2D eigenvalue weighted by molar-refractivity contribution is 6.42. The average molecular weight is 429 g/mol. The summed E-state index contributed by atoms with van der Waals surface area (Å²) >= 11 is 12.7. The van der Waals surface area contributed by atoms with Gasteiger partial charge in [-0.25, -0.2) is 0 Å². The topological polar surface area (TPSA) is 26.2 Å². The van der Waals surface area contributed by atoms with Crippen LogP contribution >= 0.6 is 23.2 Å². The second-order valence-electron chi connectivity index (χ2n) is 8.10. The summed E-state index contributed by atoms with van der Waals surface area (Å²) in [5, 5.41) is 5.97. The van der Waals surface area contributed by atoms with Crippen molar-refractivity contribution in [3.05, 3.63) is 62.8 Å². The first-order valence-corrected chi connectivity index (χ1v) is 11.4. The zero-order valence-electron chi connectivity index (χ0n) is 16.6. The Morgan fingerprint density at radius 1 is 0.897 bits per heavy atom. The van der Waals surface area contributed by atoms with E-state index in [0.29, 0.717) is 16.7 Å². The molecule has 0 amide bonds. The summed E-state index contributed by atoms with van der Waals surface area (Å²) in [6.07, 6.45) is 7.00. The second-order valence-corrected chi connectivity index (χ2v) is 8.91. The monoisotopic (exact) mass is 428 g/mol. The summed E-state index contributed by atoms with van der Waals surface area (Å²) in [6.45, 7) is 3.44. The molecule has 152 valence electrons. The van der Waals surface area contributed by atoms with Crippen molar-refractivity contribution in [3.63, 3.8) is 0 Å². The van der Waals surface area contributed by atoms with Crippen LogP contribution in [0.5, 0.6) is 5.75 Å². The highest BCUT2D eigenvalue weighted by Gasteiger charge is 2.20. The molecule has 0 unspecified atom stereocenters. The van der Waals surface area contributed by atoms with Crippen molar-refractivity contribution in [1.82, 2.24) is 9.88 Å². The van der Waals surface area contributed by atoms with Crippen LogP contribution in [0.2, 0.25) is 10.0 Å². The highest BCUT2D eigenvalue weighted by Crippen LogP contribution is 2.34. The fourth-order valence-corrected chi connectivity index (χ4v) is 5.21. The van der Waals surface area contributed by atoms with Crippen LogP contribution in [0, 0.1) is 0 Å². The number of nitrogens with one attached hydrogen (secondary N) is 1. The predicted octanol–water partition coefficient (Wildman–Crippen LogP) is 5.59. The second kappa shape index (κ2) is 8.22. The summed E-state index contributed by atoms with van der Waals surface area (Å²) in [7, 11) is 0. The molecule has 0 atom stereocenters. The molecular formula is C24H26Cl2N2O. The lowest BCUT2D eigenvalue weighted by molar-refractivity contribution is 0.298. The van der Waals surface area contributed by atoms with E-state index < -0.39 is 0 Å². The summed E-state index contributed by atoms with van der Waals surface area (Å²) in [4.78, 5) is 0. The van der Waals surface area contributed by atoms with Gasteiger partial charge in [-0.05, 0) is 79.6 Å². The molecule has 3 nitrogen and oxygen atoms in total. The molecule has 0 bridgehead atoms. The maximum atomic E-state index is 6.36. The van der Waals surface area contributed by atoms with Gasteiger partial charge in [-0.1, -0.05) is 29.3 Å². The first-order chi connectivity index (χ1) is 14.2. The van der Waals surface area contributed by atoms with Crippen LogP contribution in [0.15, 0.2) is 30.3 Å². The first kappa shape index (κ1) is 19.3. The van der Waals surface area contributed by atoms with Crippen molar-refractivity contribution in [1.29, 1.82) is 0 Å². The molecule has 0 radical (unpaired) electrons. The van der Waals surface area contributed by atoms with Gasteiger partial charge in [0.15, 0.2) is 0 Å². The lowest BCUT2D eigenvalue weighted by atomic mass is 9.92. The molecule has 29 heavy (non-hydrogen) atoms. The Hall–Kier alpha value is -1.68. The quantitative estimate of drug-likeness (QED) is 0.585. The third kappa shape index (κ3) is 3.76. The molecule has 5 heteroatoms. The van der Waals surface area contributed by atoms with Crippen molar-refractivity contribution in [2.75, 3.05) is 19.7 Å². The average Bonchev–Trinajstić information content (AvgIpc) is 2.88. The molecule has 1 aliphatic heterocycles. The van der Waals surface area contributed by atoms with Gasteiger partial charge < -0.3 is 14.6 Å². The van der Waals surface area contributed by atoms with Crippen LogP contribution in [0.3, 0.4) is 0 Å². The highest BCUT2D eigenvalue weighted by atomic mass is 35.5. The molecule has 2 aliphatic rings. The number of aromatic nitrogens is 1. The molecule has 2 heterocycles. The van der Waals surface area contributed by atoms with E-state index in [0.717, 1.165) is 38.2 Å². The Kier molecular flexibility index (Phi) is 5.47. The summed E-state index contributed by atoms with van der Waals surface area (Å²) in [5.41, 5.74) is 6.90. The third-order valence-corrected chi connectivity index (χ3v) is 7.04. The van der Waals surface area contributed by atoms with Gasteiger partial charge >= 0.3 is 0 Å². The van der Waals surface area contributed by atoms with Gasteiger partial charge in [0.05, 0.1) is 22.1 Å². The minimum atomic E-state index is 0.613. The van der Waals surface area contributed by atoms with Gasteiger partial charge in [-0.3, -0.25) is 0 Å². The Labute approximate surface area is 181 Å². The van der Waals surface area contributed by atoms with Crippen LogP contribution in [-0.4, -0.2) is 24.3 Å². The number of hydrogen-bond donors (Lipinski definition) is 1. The number of benzene rings is 2. The fraction of sp³-hybridized carbons (Fsp3) is 0.417. The largest absolute Gasteiger partial charge is 0.492 e. The summed E-state index contributed by atoms with van der Waals surface area (Å²) in [5.74, 6) is 0.982. The summed E-state index contributed by atoms with van der Waals surface area (Å²) < 4.78 is 8.56. The van der Waals surface area contributed by atoms with Gasteiger partial charge in [0.25, 0.3) is 0 Å².